The van der Waals surface area contributed by atoms with E-state index in [0.717, 1.165) is 89.3 Å². The number of imidazole rings is 1. The first kappa shape index (κ1) is 41.9. The van der Waals surface area contributed by atoms with Crippen LogP contribution in [0.2, 0.25) is 0 Å². The van der Waals surface area contributed by atoms with Gasteiger partial charge < -0.3 is 34.9 Å². The van der Waals surface area contributed by atoms with Crippen LogP contribution in [0.5, 0.6) is 0 Å². The molecule has 2 saturated heterocycles. The number of rotatable bonds is 9. The van der Waals surface area contributed by atoms with Gasteiger partial charge in [-0.2, -0.15) is 0 Å². The summed E-state index contributed by atoms with van der Waals surface area (Å²) < 4.78 is 9.70. The number of likely N-dealkylation sites (tertiary alicyclic amines) is 2. The van der Waals surface area contributed by atoms with Crippen molar-refractivity contribution in [3.05, 3.63) is 154 Å². The van der Waals surface area contributed by atoms with E-state index in [1.165, 1.54) is 19.8 Å². The smallest absolute Gasteiger partial charge is 0.407 e. The molecule has 0 spiro atoms. The largest absolute Gasteiger partial charge is 0.453 e. The number of nitrogens with zero attached hydrogens (tertiary/aromatic N) is 4. The topological polar surface area (TPSA) is 158 Å². The molecule has 13 heteroatoms. The number of aliphatic imine (C=N–C) groups is 1. The summed E-state index contributed by atoms with van der Waals surface area (Å²) in [4.78, 5) is 69.7. The lowest BCUT2D eigenvalue weighted by Crippen LogP contribution is -2.47. The molecular formula is C51H49N7O6. The van der Waals surface area contributed by atoms with Gasteiger partial charge in [-0.25, -0.2) is 14.6 Å². The summed E-state index contributed by atoms with van der Waals surface area (Å²) in [6.07, 6.45) is 6.10. The maximum atomic E-state index is 14.0. The Balaban J connectivity index is 0.843. The Kier molecular flexibility index (Phi) is 12.1. The summed E-state index contributed by atoms with van der Waals surface area (Å²) in [5.41, 5.74) is 10.5. The molecule has 0 bridgehead atoms. The van der Waals surface area contributed by atoms with Crippen molar-refractivity contribution in [2.75, 3.05) is 27.3 Å². The van der Waals surface area contributed by atoms with Gasteiger partial charge in [-0.1, -0.05) is 90.7 Å². The van der Waals surface area contributed by atoms with Gasteiger partial charge >= 0.3 is 12.2 Å². The Morgan fingerprint density at radius 2 is 1.30 bits per heavy atom. The SMILES string of the molecule is COC(=O)N[C@@H](C(=O)N1CCC[C@H]1C1=NC=C(c2ccc(C#Cc3ccc4c(c3)CCc3[nH]c([C@@H]5CCCN5C(=O)[C@H](NC(=O)OC)c5ccccc5)nc3-4)cc2)C1)c1ccccc1. The van der Waals surface area contributed by atoms with Crippen LogP contribution in [-0.4, -0.2) is 82.8 Å². The zero-order valence-corrected chi connectivity index (χ0v) is 35.8. The molecular weight excluding hydrogens is 807 g/mol. The minimum absolute atomic E-state index is 0.153. The van der Waals surface area contributed by atoms with Crippen LogP contribution in [0.3, 0.4) is 0 Å². The second-order valence-corrected chi connectivity index (χ2v) is 16.4. The standard InChI is InChI=1S/C51H49N7O6/c1-63-50(61)55-44(35-11-5-3-6-12-35)48(59)57-27-9-15-42(57)41-30-38(31-52-41)34-22-19-32(20-23-34)17-18-33-21-25-39-37(29-33)24-26-40-46(39)54-47(53-40)43-16-10-28-58(43)49(60)45(56-51(62)64-2)36-13-7-4-8-14-36/h3-8,11-14,19-23,25,29,31,42-45H,9-10,15-16,24,26-28,30H2,1-2H3,(H,53,54)(H,55,61)(H,56,62)/t42-,43-,44+,45+/m0/s1. The van der Waals surface area contributed by atoms with E-state index < -0.39 is 24.3 Å². The number of aromatic amines is 1. The highest BCUT2D eigenvalue weighted by Gasteiger charge is 2.39. The molecule has 0 saturated carbocycles. The third-order valence-corrected chi connectivity index (χ3v) is 12.6. The Bertz CT molecular complexity index is 2700. The molecule has 13 nitrogen and oxygen atoms in total. The molecule has 4 aromatic carbocycles. The van der Waals surface area contributed by atoms with E-state index >= 15 is 0 Å². The second-order valence-electron chi connectivity index (χ2n) is 16.4. The van der Waals surface area contributed by atoms with Crippen molar-refractivity contribution in [3.63, 3.8) is 0 Å². The van der Waals surface area contributed by atoms with Gasteiger partial charge in [-0.3, -0.25) is 14.6 Å². The lowest BCUT2D eigenvalue weighted by atomic mass is 9.91. The number of ether oxygens (including phenoxy) is 2. The fourth-order valence-corrected chi connectivity index (χ4v) is 9.34. The first-order valence-electron chi connectivity index (χ1n) is 21.8. The lowest BCUT2D eigenvalue weighted by molar-refractivity contribution is -0.135. The van der Waals surface area contributed by atoms with Crippen LogP contribution in [0.15, 0.2) is 114 Å². The summed E-state index contributed by atoms with van der Waals surface area (Å²) in [5.74, 6) is 7.08. The molecule has 1 aromatic heterocycles. The summed E-state index contributed by atoms with van der Waals surface area (Å²) in [6, 6.07) is 30.8. The maximum absolute atomic E-state index is 14.0. The number of carbonyl (C=O) groups excluding carboxylic acids is 4. The minimum Gasteiger partial charge on any atom is -0.453 e. The first-order chi connectivity index (χ1) is 31.3. The molecule has 0 radical (unpaired) electrons. The molecule has 64 heavy (non-hydrogen) atoms. The van der Waals surface area contributed by atoms with Gasteiger partial charge in [-0.05, 0) is 90.6 Å². The Hall–Kier alpha value is -7.46. The van der Waals surface area contributed by atoms with E-state index in [0.29, 0.717) is 30.6 Å². The van der Waals surface area contributed by atoms with E-state index in [1.54, 1.807) is 0 Å². The van der Waals surface area contributed by atoms with E-state index in [1.807, 2.05) is 94.9 Å². The van der Waals surface area contributed by atoms with Crippen molar-refractivity contribution < 1.29 is 28.7 Å². The van der Waals surface area contributed by atoms with Crippen molar-refractivity contribution in [1.29, 1.82) is 0 Å². The molecule has 3 N–H and O–H groups in total. The molecule has 4 amide bonds. The zero-order valence-electron chi connectivity index (χ0n) is 35.8. The predicted molar refractivity (Wildman–Crippen MR) is 242 cm³/mol. The number of carbonyl (C=O) groups is 4. The van der Waals surface area contributed by atoms with Crippen LogP contribution in [0.25, 0.3) is 16.8 Å². The molecule has 9 rings (SSSR count). The molecule has 2 fully saturated rings. The minimum atomic E-state index is -0.877. The highest BCUT2D eigenvalue weighted by atomic mass is 16.5. The van der Waals surface area contributed by atoms with Crippen molar-refractivity contribution >= 4 is 35.3 Å². The van der Waals surface area contributed by atoms with Gasteiger partial charge in [0.15, 0.2) is 0 Å². The molecule has 324 valence electrons. The number of amides is 4. The lowest BCUT2D eigenvalue weighted by Gasteiger charge is -2.29. The van der Waals surface area contributed by atoms with Crippen LogP contribution < -0.4 is 10.6 Å². The van der Waals surface area contributed by atoms with Crippen LogP contribution >= 0.6 is 0 Å². The van der Waals surface area contributed by atoms with Crippen LogP contribution in [0, 0.1) is 11.8 Å². The van der Waals surface area contributed by atoms with Crippen LogP contribution in [0.4, 0.5) is 9.59 Å². The van der Waals surface area contributed by atoms with Gasteiger partial charge in [-0.15, -0.1) is 0 Å². The number of H-pyrrole nitrogens is 1. The third-order valence-electron chi connectivity index (χ3n) is 12.6. The monoisotopic (exact) mass is 855 g/mol. The van der Waals surface area contributed by atoms with Gasteiger partial charge in [0, 0.05) is 53.8 Å². The molecule has 1 aliphatic carbocycles. The van der Waals surface area contributed by atoms with Gasteiger partial charge in [0.1, 0.15) is 17.9 Å². The number of hydrogen-bond acceptors (Lipinski definition) is 8. The summed E-state index contributed by atoms with van der Waals surface area (Å²) in [6.45, 7) is 1.15. The number of hydrogen-bond donors (Lipinski definition) is 3. The van der Waals surface area contributed by atoms with Crippen molar-refractivity contribution in [3.8, 4) is 23.1 Å². The highest BCUT2D eigenvalue weighted by Crippen LogP contribution is 2.38. The predicted octanol–water partition coefficient (Wildman–Crippen LogP) is 7.61. The van der Waals surface area contributed by atoms with Gasteiger partial charge in [0.2, 0.25) is 5.91 Å². The number of alkyl carbamates (subject to hydrolysis) is 2. The molecule has 4 atom stereocenters. The summed E-state index contributed by atoms with van der Waals surface area (Å²) in [7, 11) is 2.58. The maximum Gasteiger partial charge on any atom is 0.407 e. The van der Waals surface area contributed by atoms with Crippen molar-refractivity contribution in [2.24, 2.45) is 4.99 Å². The number of allylic oxidation sites excluding steroid dienone is 1. The molecule has 3 aliphatic heterocycles. The normalized spacial score (nSPS) is 18.3. The Morgan fingerprint density at radius 3 is 1.92 bits per heavy atom. The molecule has 0 unspecified atom stereocenters. The van der Waals surface area contributed by atoms with Crippen LogP contribution in [0.1, 0.15) is 95.1 Å². The summed E-state index contributed by atoms with van der Waals surface area (Å²) >= 11 is 0. The number of aromatic nitrogens is 2. The molecule has 4 heterocycles. The van der Waals surface area contributed by atoms with Crippen molar-refractivity contribution in [1.82, 2.24) is 30.4 Å². The number of fused-ring (bicyclic) bond motifs is 3. The van der Waals surface area contributed by atoms with E-state index in [9.17, 15) is 19.2 Å². The molecule has 5 aromatic rings. The zero-order chi connectivity index (χ0) is 44.2. The quantitative estimate of drug-likeness (QED) is 0.129. The summed E-state index contributed by atoms with van der Waals surface area (Å²) in [5, 5.41) is 5.47. The Morgan fingerprint density at radius 1 is 0.719 bits per heavy atom. The third kappa shape index (κ3) is 8.64. The number of aryl methyl sites for hydroxylation is 2. The first-order valence-corrected chi connectivity index (χ1v) is 21.8. The highest BCUT2D eigenvalue weighted by molar-refractivity contribution is 6.04. The fraction of sp³-hybridized carbons (Fsp3) is 0.294. The second kappa shape index (κ2) is 18.5. The average Bonchev–Trinajstić information content (AvgIpc) is 4.19. The molecule has 4 aliphatic rings. The van der Waals surface area contributed by atoms with E-state index in [-0.39, 0.29) is 23.9 Å². The van der Waals surface area contributed by atoms with Gasteiger partial charge in [0.05, 0.1) is 32.0 Å². The van der Waals surface area contributed by atoms with Crippen LogP contribution in [-0.2, 0) is 31.9 Å². The number of methoxy groups -OCH3 is 2. The number of benzene rings is 4. The van der Waals surface area contributed by atoms with Gasteiger partial charge in [0.25, 0.3) is 5.91 Å². The van der Waals surface area contributed by atoms with Crippen molar-refractivity contribution in [2.45, 2.75) is 69.1 Å². The average molecular weight is 856 g/mol. The Labute approximate surface area is 372 Å². The fourth-order valence-electron chi connectivity index (χ4n) is 9.34. The number of nitrogens with one attached hydrogen (secondary N) is 3. The van der Waals surface area contributed by atoms with E-state index in [2.05, 4.69) is 51.7 Å². The van der Waals surface area contributed by atoms with E-state index in [4.69, 9.17) is 19.5 Å².